The number of benzene rings is 1. The maximum absolute atomic E-state index is 12.4. The van der Waals surface area contributed by atoms with E-state index in [1.165, 1.54) is 12.1 Å². The third-order valence-electron chi connectivity index (χ3n) is 3.68. The average Bonchev–Trinajstić information content (AvgIpc) is 2.48. The molecule has 0 aromatic heterocycles. The fourth-order valence-electron chi connectivity index (χ4n) is 2.56. The fraction of sp³-hybridized carbons (Fsp3) is 0.533. The largest absolute Gasteiger partial charge is 0.508 e. The summed E-state index contributed by atoms with van der Waals surface area (Å²) in [5.74, 6) is 0.518. The Kier molecular flexibility index (Phi) is 5.48. The Morgan fingerprint density at radius 2 is 1.87 bits per heavy atom. The monoisotopic (exact) mass is 342 g/mol. The number of amides is 1. The fourth-order valence-corrected chi connectivity index (χ4v) is 3.40. The number of nitrogens with zero attached hydrogens (tertiary/aromatic N) is 1. The Hall–Kier alpha value is -1.80. The molecular weight excluding hydrogens is 320 g/mol. The number of hydrogen-bond acceptors (Lipinski definition) is 5. The number of hydrogen-bond donors (Lipinski definition) is 2. The number of carbonyl (C=O) groups is 1. The first-order chi connectivity index (χ1) is 10.7. The Labute approximate surface area is 136 Å². The van der Waals surface area contributed by atoms with Crippen LogP contribution in [0.4, 0.5) is 0 Å². The van der Waals surface area contributed by atoms with E-state index in [0.29, 0.717) is 31.7 Å². The highest BCUT2D eigenvalue weighted by atomic mass is 32.2. The molecule has 0 spiro atoms. The minimum Gasteiger partial charge on any atom is -0.508 e. The summed E-state index contributed by atoms with van der Waals surface area (Å²) < 4.78 is 30.6. The summed E-state index contributed by atoms with van der Waals surface area (Å²) in [5, 5.41) is 9.23. The first-order valence-electron chi connectivity index (χ1n) is 7.46. The number of ether oxygens (including phenoxy) is 1. The van der Waals surface area contributed by atoms with E-state index in [0.717, 1.165) is 6.26 Å². The third-order valence-corrected chi connectivity index (χ3v) is 4.45. The van der Waals surface area contributed by atoms with Crippen LogP contribution < -0.4 is 9.46 Å². The van der Waals surface area contributed by atoms with Gasteiger partial charge in [0.1, 0.15) is 11.5 Å². The lowest BCUT2D eigenvalue weighted by Gasteiger charge is -2.33. The van der Waals surface area contributed by atoms with Gasteiger partial charge < -0.3 is 14.7 Å². The number of phenols is 1. The van der Waals surface area contributed by atoms with E-state index in [1.807, 2.05) is 0 Å². The minimum absolute atomic E-state index is 0.123. The Morgan fingerprint density at radius 3 is 2.39 bits per heavy atom. The molecule has 1 unspecified atom stereocenters. The molecular formula is C15H22N2O5S. The van der Waals surface area contributed by atoms with Crippen LogP contribution in [-0.4, -0.2) is 55.8 Å². The molecule has 8 heteroatoms. The average molecular weight is 342 g/mol. The van der Waals surface area contributed by atoms with Gasteiger partial charge in [-0.2, -0.15) is 0 Å². The lowest BCUT2D eigenvalue weighted by atomic mass is 10.1. The van der Waals surface area contributed by atoms with Crippen LogP contribution in [0.5, 0.6) is 11.5 Å². The van der Waals surface area contributed by atoms with Crippen molar-refractivity contribution in [3.63, 3.8) is 0 Å². The Bertz CT molecular complexity index is 636. The molecule has 0 radical (unpaired) electrons. The number of sulfonamides is 1. The van der Waals surface area contributed by atoms with Crippen molar-refractivity contribution in [1.29, 1.82) is 0 Å². The van der Waals surface area contributed by atoms with Gasteiger partial charge in [-0.1, -0.05) is 0 Å². The molecule has 1 aromatic carbocycles. The molecule has 128 valence electrons. The number of rotatable bonds is 5. The molecule has 1 heterocycles. The molecule has 23 heavy (non-hydrogen) atoms. The first-order valence-corrected chi connectivity index (χ1v) is 9.35. The van der Waals surface area contributed by atoms with Crippen molar-refractivity contribution in [2.75, 3.05) is 19.3 Å². The molecule has 1 atom stereocenters. The minimum atomic E-state index is -3.22. The van der Waals surface area contributed by atoms with Gasteiger partial charge in [0.15, 0.2) is 6.10 Å². The highest BCUT2D eigenvalue weighted by molar-refractivity contribution is 7.88. The quantitative estimate of drug-likeness (QED) is 0.821. The zero-order valence-electron chi connectivity index (χ0n) is 13.2. The molecule has 0 aliphatic carbocycles. The summed E-state index contributed by atoms with van der Waals surface area (Å²) in [7, 11) is -3.22. The number of nitrogens with one attached hydrogen (secondary N) is 1. The van der Waals surface area contributed by atoms with Crippen LogP contribution in [0.2, 0.25) is 0 Å². The van der Waals surface area contributed by atoms with Crippen LogP contribution in [0.25, 0.3) is 0 Å². The molecule has 0 bridgehead atoms. The second kappa shape index (κ2) is 7.18. The summed E-state index contributed by atoms with van der Waals surface area (Å²) in [5.41, 5.74) is 0. The smallest absolute Gasteiger partial charge is 0.263 e. The number of phenolic OH excluding ortho intramolecular Hbond substituents is 1. The summed E-state index contributed by atoms with van der Waals surface area (Å²) >= 11 is 0. The molecule has 1 saturated heterocycles. The van der Waals surface area contributed by atoms with Crippen molar-refractivity contribution in [1.82, 2.24) is 9.62 Å². The normalized spacial score (nSPS) is 17.7. The maximum atomic E-state index is 12.4. The van der Waals surface area contributed by atoms with Crippen molar-refractivity contribution in [3.8, 4) is 11.5 Å². The topological polar surface area (TPSA) is 95.9 Å². The number of aromatic hydroxyl groups is 1. The van der Waals surface area contributed by atoms with Gasteiger partial charge in [0.25, 0.3) is 5.91 Å². The Morgan fingerprint density at radius 1 is 1.30 bits per heavy atom. The predicted octanol–water partition coefficient (Wildman–Crippen LogP) is 0.700. The molecule has 1 aliphatic rings. The van der Waals surface area contributed by atoms with Gasteiger partial charge in [-0.15, -0.1) is 0 Å². The third kappa shape index (κ3) is 5.40. The second-order valence-corrected chi connectivity index (χ2v) is 7.52. The first kappa shape index (κ1) is 17.6. The standard InChI is InChI=1S/C15H22N2O5S/c1-11(22-14-5-3-13(18)4-6-14)15(19)17-9-7-12(8-10-17)16-23(2,20)21/h3-6,11-12,16,18H,7-10H2,1-2H3. The van der Waals surface area contributed by atoms with Crippen LogP contribution in [0.3, 0.4) is 0 Å². The SMILES string of the molecule is CC(Oc1ccc(O)cc1)C(=O)N1CCC(NS(C)(=O)=O)CC1. The molecule has 1 aliphatic heterocycles. The van der Waals surface area contributed by atoms with E-state index in [9.17, 15) is 18.3 Å². The molecule has 1 aromatic rings. The van der Waals surface area contributed by atoms with E-state index in [1.54, 1.807) is 24.0 Å². The number of piperidine rings is 1. The zero-order chi connectivity index (χ0) is 17.0. The van der Waals surface area contributed by atoms with Gasteiger partial charge in [0.2, 0.25) is 10.0 Å². The van der Waals surface area contributed by atoms with Crippen molar-refractivity contribution < 1.29 is 23.1 Å². The van der Waals surface area contributed by atoms with E-state index in [-0.39, 0.29) is 17.7 Å². The van der Waals surface area contributed by atoms with Gasteiger partial charge >= 0.3 is 0 Å². The van der Waals surface area contributed by atoms with Crippen LogP contribution >= 0.6 is 0 Å². The van der Waals surface area contributed by atoms with E-state index < -0.39 is 16.1 Å². The number of carbonyl (C=O) groups excluding carboxylic acids is 1. The molecule has 1 amide bonds. The van der Waals surface area contributed by atoms with Crippen molar-refractivity contribution in [2.45, 2.75) is 31.9 Å². The Balaban J connectivity index is 1.85. The molecule has 2 rings (SSSR count). The van der Waals surface area contributed by atoms with Gasteiger partial charge in [-0.25, -0.2) is 13.1 Å². The van der Waals surface area contributed by atoms with Crippen LogP contribution in [0, 0.1) is 0 Å². The highest BCUT2D eigenvalue weighted by Crippen LogP contribution is 2.19. The predicted molar refractivity (Wildman–Crippen MR) is 85.8 cm³/mol. The van der Waals surface area contributed by atoms with Gasteiger partial charge in [0, 0.05) is 19.1 Å². The van der Waals surface area contributed by atoms with Crippen LogP contribution in [0.1, 0.15) is 19.8 Å². The van der Waals surface area contributed by atoms with Crippen LogP contribution in [0.15, 0.2) is 24.3 Å². The molecule has 0 saturated carbocycles. The van der Waals surface area contributed by atoms with Crippen molar-refractivity contribution in [2.24, 2.45) is 0 Å². The summed E-state index contributed by atoms with van der Waals surface area (Å²) in [6.07, 6.45) is 1.67. The molecule has 2 N–H and O–H groups in total. The lowest BCUT2D eigenvalue weighted by Crippen LogP contribution is -2.49. The highest BCUT2D eigenvalue weighted by Gasteiger charge is 2.28. The van der Waals surface area contributed by atoms with Gasteiger partial charge in [-0.3, -0.25) is 4.79 Å². The number of likely N-dealkylation sites (tertiary alicyclic amines) is 1. The summed E-state index contributed by atoms with van der Waals surface area (Å²) in [6, 6.07) is 6.06. The van der Waals surface area contributed by atoms with Gasteiger partial charge in [-0.05, 0) is 44.0 Å². The zero-order valence-corrected chi connectivity index (χ0v) is 14.0. The van der Waals surface area contributed by atoms with E-state index >= 15 is 0 Å². The second-order valence-electron chi connectivity index (χ2n) is 5.74. The van der Waals surface area contributed by atoms with Crippen LogP contribution in [-0.2, 0) is 14.8 Å². The molecule has 7 nitrogen and oxygen atoms in total. The molecule has 1 fully saturated rings. The van der Waals surface area contributed by atoms with Crippen molar-refractivity contribution >= 4 is 15.9 Å². The summed E-state index contributed by atoms with van der Waals surface area (Å²) in [6.45, 7) is 2.67. The maximum Gasteiger partial charge on any atom is 0.263 e. The van der Waals surface area contributed by atoms with E-state index in [4.69, 9.17) is 4.74 Å². The van der Waals surface area contributed by atoms with E-state index in [2.05, 4.69) is 4.72 Å². The lowest BCUT2D eigenvalue weighted by molar-refractivity contribution is -0.139. The van der Waals surface area contributed by atoms with Gasteiger partial charge in [0.05, 0.1) is 6.26 Å². The summed E-state index contributed by atoms with van der Waals surface area (Å²) in [4.78, 5) is 14.1. The van der Waals surface area contributed by atoms with Crippen molar-refractivity contribution in [3.05, 3.63) is 24.3 Å².